The topological polar surface area (TPSA) is 32.7 Å². The number of nitrogens with zero attached hydrogens (tertiary/aromatic N) is 1. The summed E-state index contributed by atoms with van der Waals surface area (Å²) in [5.74, 6) is 0.333. The Labute approximate surface area is 105 Å². The fourth-order valence-electron chi connectivity index (χ4n) is 1.47. The summed E-state index contributed by atoms with van der Waals surface area (Å²) in [6.45, 7) is 3.49. The van der Waals surface area contributed by atoms with Crippen LogP contribution in [0.4, 0.5) is 0 Å². The van der Waals surface area contributed by atoms with Gasteiger partial charge in [-0.05, 0) is 32.2 Å². The van der Waals surface area contributed by atoms with E-state index in [2.05, 4.69) is 27.8 Å². The van der Waals surface area contributed by atoms with Crippen LogP contribution in [0.25, 0.3) is 0 Å². The number of likely N-dealkylation sites (N-methyl/N-ethyl adjacent to an activating group) is 1. The average Bonchev–Trinajstić information content (AvgIpc) is 2.23. The first-order valence-electron chi connectivity index (χ1n) is 5.21. The molecular formula is C12H18BrNO2. The van der Waals surface area contributed by atoms with E-state index in [0.717, 1.165) is 10.0 Å². The second-order valence-electron chi connectivity index (χ2n) is 3.99. The molecule has 1 atom stereocenters. The summed E-state index contributed by atoms with van der Waals surface area (Å²) >= 11 is 3.40. The van der Waals surface area contributed by atoms with Crippen LogP contribution < -0.4 is 0 Å². The number of benzene rings is 1. The minimum atomic E-state index is 0.323. The molecule has 1 rings (SSSR count). The van der Waals surface area contributed by atoms with Gasteiger partial charge in [0, 0.05) is 29.7 Å². The van der Waals surface area contributed by atoms with Gasteiger partial charge in [0.25, 0.3) is 0 Å². The molecule has 0 aliphatic heterocycles. The molecule has 0 spiro atoms. The highest BCUT2D eigenvalue weighted by Gasteiger charge is 2.11. The van der Waals surface area contributed by atoms with Crippen molar-refractivity contribution in [1.82, 2.24) is 4.90 Å². The zero-order chi connectivity index (χ0) is 12.1. The van der Waals surface area contributed by atoms with Crippen LogP contribution in [0, 0.1) is 0 Å². The highest BCUT2D eigenvalue weighted by atomic mass is 79.9. The normalized spacial score (nSPS) is 13.1. The summed E-state index contributed by atoms with van der Waals surface area (Å²) in [4.78, 5) is 2.14. The maximum Gasteiger partial charge on any atom is 0.120 e. The van der Waals surface area contributed by atoms with Crippen LogP contribution in [-0.2, 0) is 11.3 Å². The lowest BCUT2D eigenvalue weighted by molar-refractivity contribution is 0.111. The molecule has 4 heteroatoms. The van der Waals surface area contributed by atoms with Crippen LogP contribution in [-0.4, -0.2) is 36.8 Å². The fraction of sp³-hybridized carbons (Fsp3) is 0.500. The van der Waals surface area contributed by atoms with Crippen molar-refractivity contribution in [3.63, 3.8) is 0 Å². The zero-order valence-electron chi connectivity index (χ0n) is 9.90. The van der Waals surface area contributed by atoms with E-state index in [1.54, 1.807) is 13.2 Å². The molecular weight excluding hydrogens is 270 g/mol. The summed E-state index contributed by atoms with van der Waals surface area (Å²) in [6.07, 6.45) is 0. The predicted molar refractivity (Wildman–Crippen MR) is 68.6 cm³/mol. The molecule has 90 valence electrons. The van der Waals surface area contributed by atoms with Crippen LogP contribution in [0.5, 0.6) is 5.75 Å². The number of methoxy groups -OCH3 is 1. The van der Waals surface area contributed by atoms with E-state index < -0.39 is 0 Å². The standard InChI is InChI=1S/C12H18BrNO2/c1-9(8-16-3)14(2)7-10-6-11(13)4-5-12(10)15/h4-6,9,15H,7-8H2,1-3H3. The van der Waals surface area contributed by atoms with E-state index in [0.29, 0.717) is 24.9 Å². The first-order chi connectivity index (χ1) is 7.54. The van der Waals surface area contributed by atoms with Crippen molar-refractivity contribution in [2.45, 2.75) is 19.5 Å². The lowest BCUT2D eigenvalue weighted by Crippen LogP contribution is -2.32. The van der Waals surface area contributed by atoms with Crippen LogP contribution in [0.15, 0.2) is 22.7 Å². The van der Waals surface area contributed by atoms with E-state index >= 15 is 0 Å². The maximum absolute atomic E-state index is 9.72. The first kappa shape index (κ1) is 13.5. The largest absolute Gasteiger partial charge is 0.508 e. The van der Waals surface area contributed by atoms with Gasteiger partial charge in [-0.3, -0.25) is 4.90 Å². The highest BCUT2D eigenvalue weighted by molar-refractivity contribution is 9.10. The lowest BCUT2D eigenvalue weighted by Gasteiger charge is -2.24. The van der Waals surface area contributed by atoms with Crippen LogP contribution in [0.3, 0.4) is 0 Å². The lowest BCUT2D eigenvalue weighted by atomic mass is 10.1. The molecule has 1 aromatic carbocycles. The number of hydrogen-bond acceptors (Lipinski definition) is 3. The Bertz CT molecular complexity index is 344. The summed E-state index contributed by atoms with van der Waals surface area (Å²) in [5.41, 5.74) is 0.917. The van der Waals surface area contributed by atoms with Crippen LogP contribution in [0.1, 0.15) is 12.5 Å². The van der Waals surface area contributed by atoms with Gasteiger partial charge in [-0.1, -0.05) is 15.9 Å². The Morgan fingerprint density at radius 1 is 1.50 bits per heavy atom. The van der Waals surface area contributed by atoms with Gasteiger partial charge in [-0.15, -0.1) is 0 Å². The Morgan fingerprint density at radius 3 is 2.81 bits per heavy atom. The molecule has 0 bridgehead atoms. The summed E-state index contributed by atoms with van der Waals surface area (Å²) in [7, 11) is 3.71. The Kier molecular flexibility index (Phi) is 5.25. The molecule has 0 heterocycles. The number of halogens is 1. The van der Waals surface area contributed by atoms with E-state index in [9.17, 15) is 5.11 Å². The van der Waals surface area contributed by atoms with Crippen LogP contribution in [0.2, 0.25) is 0 Å². The van der Waals surface area contributed by atoms with Gasteiger partial charge in [0.2, 0.25) is 0 Å². The molecule has 0 radical (unpaired) electrons. The number of phenols is 1. The molecule has 0 amide bonds. The molecule has 0 saturated carbocycles. The molecule has 3 nitrogen and oxygen atoms in total. The predicted octanol–water partition coefficient (Wildman–Crippen LogP) is 2.62. The van der Waals surface area contributed by atoms with Gasteiger partial charge in [-0.25, -0.2) is 0 Å². The quantitative estimate of drug-likeness (QED) is 0.904. The number of hydrogen-bond donors (Lipinski definition) is 1. The summed E-state index contributed by atoms with van der Waals surface area (Å²) < 4.78 is 6.08. The highest BCUT2D eigenvalue weighted by Crippen LogP contribution is 2.23. The maximum atomic E-state index is 9.72. The van der Waals surface area contributed by atoms with E-state index in [1.807, 2.05) is 19.2 Å². The van der Waals surface area contributed by atoms with Gasteiger partial charge in [0.05, 0.1) is 6.61 Å². The van der Waals surface area contributed by atoms with Crippen molar-refractivity contribution in [2.75, 3.05) is 20.8 Å². The zero-order valence-corrected chi connectivity index (χ0v) is 11.5. The number of aromatic hydroxyl groups is 1. The van der Waals surface area contributed by atoms with Crippen molar-refractivity contribution < 1.29 is 9.84 Å². The van der Waals surface area contributed by atoms with E-state index in [-0.39, 0.29) is 0 Å². The molecule has 0 saturated heterocycles. The molecule has 1 unspecified atom stereocenters. The van der Waals surface area contributed by atoms with Gasteiger partial charge >= 0.3 is 0 Å². The minimum Gasteiger partial charge on any atom is -0.508 e. The second kappa shape index (κ2) is 6.23. The number of phenolic OH excluding ortho intramolecular Hbond substituents is 1. The Balaban J connectivity index is 2.68. The fourth-order valence-corrected chi connectivity index (χ4v) is 1.88. The number of ether oxygens (including phenoxy) is 1. The molecule has 0 fully saturated rings. The molecule has 0 aliphatic carbocycles. The first-order valence-corrected chi connectivity index (χ1v) is 6.00. The van der Waals surface area contributed by atoms with Crippen molar-refractivity contribution >= 4 is 15.9 Å². The molecule has 0 aromatic heterocycles. The molecule has 1 N–H and O–H groups in total. The van der Waals surface area contributed by atoms with Crippen LogP contribution >= 0.6 is 15.9 Å². The smallest absolute Gasteiger partial charge is 0.120 e. The summed E-state index contributed by atoms with van der Waals surface area (Å²) in [5, 5.41) is 9.72. The Morgan fingerprint density at radius 2 is 2.19 bits per heavy atom. The third kappa shape index (κ3) is 3.77. The minimum absolute atomic E-state index is 0.323. The van der Waals surface area contributed by atoms with Gasteiger partial charge in [0.1, 0.15) is 5.75 Å². The SMILES string of the molecule is COCC(C)N(C)Cc1cc(Br)ccc1O. The van der Waals surface area contributed by atoms with E-state index in [4.69, 9.17) is 4.74 Å². The van der Waals surface area contributed by atoms with Crippen molar-refractivity contribution in [3.8, 4) is 5.75 Å². The molecule has 1 aromatic rings. The average molecular weight is 288 g/mol. The van der Waals surface area contributed by atoms with Crippen molar-refractivity contribution in [1.29, 1.82) is 0 Å². The second-order valence-corrected chi connectivity index (χ2v) is 4.91. The van der Waals surface area contributed by atoms with Gasteiger partial charge < -0.3 is 9.84 Å². The monoisotopic (exact) mass is 287 g/mol. The Hall–Kier alpha value is -0.580. The third-order valence-electron chi connectivity index (χ3n) is 2.62. The van der Waals surface area contributed by atoms with Gasteiger partial charge in [-0.2, -0.15) is 0 Å². The third-order valence-corrected chi connectivity index (χ3v) is 3.11. The molecule has 0 aliphatic rings. The van der Waals surface area contributed by atoms with E-state index in [1.165, 1.54) is 0 Å². The number of rotatable bonds is 5. The van der Waals surface area contributed by atoms with Gasteiger partial charge in [0.15, 0.2) is 0 Å². The molecule has 16 heavy (non-hydrogen) atoms. The van der Waals surface area contributed by atoms with Crippen molar-refractivity contribution in [3.05, 3.63) is 28.2 Å². The summed E-state index contributed by atoms with van der Waals surface area (Å²) in [6, 6.07) is 5.79. The van der Waals surface area contributed by atoms with Crippen molar-refractivity contribution in [2.24, 2.45) is 0 Å².